The fourth-order valence-electron chi connectivity index (χ4n) is 3.60. The summed E-state index contributed by atoms with van der Waals surface area (Å²) in [6, 6.07) is 8.08. The van der Waals surface area contributed by atoms with Crippen LogP contribution < -0.4 is 0 Å². The third kappa shape index (κ3) is 3.38. The second-order valence-corrected chi connectivity index (χ2v) is 7.53. The Balaban J connectivity index is 1.46. The molecule has 5 nitrogen and oxygen atoms in total. The van der Waals surface area contributed by atoms with Gasteiger partial charge in [0, 0.05) is 48.2 Å². The van der Waals surface area contributed by atoms with Crippen molar-refractivity contribution < 1.29 is 5.11 Å². The molecule has 25 heavy (non-hydrogen) atoms. The Morgan fingerprint density at radius 3 is 2.80 bits per heavy atom. The minimum atomic E-state index is -0.317. The van der Waals surface area contributed by atoms with Crippen molar-refractivity contribution in [2.45, 2.75) is 31.9 Å². The van der Waals surface area contributed by atoms with Crippen molar-refractivity contribution in [3.63, 3.8) is 0 Å². The number of thiophene rings is 1. The number of piperidine rings is 1. The average molecular weight is 354 g/mol. The summed E-state index contributed by atoms with van der Waals surface area (Å²) >= 11 is 1.77. The quantitative estimate of drug-likeness (QED) is 0.783. The van der Waals surface area contributed by atoms with Gasteiger partial charge in [-0.25, -0.2) is 9.97 Å². The van der Waals surface area contributed by atoms with Gasteiger partial charge in [-0.15, -0.1) is 11.3 Å². The smallest absolute Gasteiger partial charge is 0.233 e. The predicted molar refractivity (Wildman–Crippen MR) is 99.1 cm³/mol. The van der Waals surface area contributed by atoms with Gasteiger partial charge in [0.05, 0.1) is 6.10 Å². The van der Waals surface area contributed by atoms with Crippen molar-refractivity contribution in [3.8, 4) is 5.95 Å². The molecule has 1 aliphatic heterocycles. The number of aryl methyl sites for hydroxylation is 1. The lowest BCUT2D eigenvalue weighted by atomic mass is 9.90. The van der Waals surface area contributed by atoms with E-state index in [2.05, 4.69) is 39.3 Å². The Morgan fingerprint density at radius 1 is 1.24 bits per heavy atom. The van der Waals surface area contributed by atoms with E-state index in [1.54, 1.807) is 23.7 Å². The molecule has 0 radical (unpaired) electrons. The van der Waals surface area contributed by atoms with Crippen molar-refractivity contribution in [2.24, 2.45) is 0 Å². The Morgan fingerprint density at radius 2 is 2.08 bits per heavy atom. The van der Waals surface area contributed by atoms with Crippen molar-refractivity contribution in [1.29, 1.82) is 0 Å². The van der Waals surface area contributed by atoms with Gasteiger partial charge in [0.2, 0.25) is 5.95 Å². The first kappa shape index (κ1) is 16.4. The van der Waals surface area contributed by atoms with E-state index in [9.17, 15) is 5.11 Å². The predicted octanol–water partition coefficient (Wildman–Crippen LogP) is 2.99. The number of rotatable bonds is 4. The number of likely N-dealkylation sites (tertiary alicyclic amines) is 1. The van der Waals surface area contributed by atoms with Gasteiger partial charge in [-0.3, -0.25) is 9.47 Å². The summed E-state index contributed by atoms with van der Waals surface area (Å²) in [5.74, 6) is 0.952. The highest BCUT2D eigenvalue weighted by atomic mass is 32.1. The first-order valence-corrected chi connectivity index (χ1v) is 9.48. The van der Waals surface area contributed by atoms with E-state index in [1.807, 2.05) is 22.9 Å². The molecule has 0 aromatic carbocycles. The number of aliphatic hydroxyl groups is 1. The third-order valence-corrected chi connectivity index (χ3v) is 6.04. The largest absolute Gasteiger partial charge is 0.391 e. The van der Waals surface area contributed by atoms with Crippen molar-refractivity contribution in [3.05, 3.63) is 64.4 Å². The van der Waals surface area contributed by atoms with E-state index in [4.69, 9.17) is 0 Å². The Bertz CT molecular complexity index is 829. The van der Waals surface area contributed by atoms with E-state index in [0.29, 0.717) is 12.5 Å². The summed E-state index contributed by atoms with van der Waals surface area (Å²) in [6.07, 6.45) is 6.17. The molecule has 0 spiro atoms. The molecule has 1 aliphatic rings. The standard InChI is InChI=1S/C19H22N4OS/c1-14-6-11-25-18(14)16-5-10-22(13-17(16)24)12-15-4-2-9-23(15)19-20-7-3-8-21-19/h2-4,6-9,11,16-17,24H,5,10,12-13H2,1H3/t16-,17-/m0/s1. The first-order chi connectivity index (χ1) is 12.2. The Labute approximate surface area is 151 Å². The van der Waals surface area contributed by atoms with Crippen LogP contribution in [0.15, 0.2) is 48.2 Å². The van der Waals surface area contributed by atoms with Crippen LogP contribution in [0.5, 0.6) is 0 Å². The van der Waals surface area contributed by atoms with Gasteiger partial charge in [0.1, 0.15) is 0 Å². The highest BCUT2D eigenvalue weighted by molar-refractivity contribution is 7.10. The molecule has 3 aromatic heterocycles. The van der Waals surface area contributed by atoms with Gasteiger partial charge < -0.3 is 5.11 Å². The fourth-order valence-corrected chi connectivity index (χ4v) is 4.72. The molecule has 1 fully saturated rings. The highest BCUT2D eigenvalue weighted by Crippen LogP contribution is 2.34. The molecule has 4 heterocycles. The molecule has 3 aromatic rings. The van der Waals surface area contributed by atoms with Gasteiger partial charge in [-0.2, -0.15) is 0 Å². The minimum Gasteiger partial charge on any atom is -0.391 e. The second-order valence-electron chi connectivity index (χ2n) is 6.58. The summed E-state index contributed by atoms with van der Waals surface area (Å²) in [4.78, 5) is 12.3. The van der Waals surface area contributed by atoms with Crippen molar-refractivity contribution in [2.75, 3.05) is 13.1 Å². The average Bonchev–Trinajstić information content (AvgIpc) is 3.25. The summed E-state index contributed by atoms with van der Waals surface area (Å²) in [7, 11) is 0. The molecular formula is C19H22N4OS. The van der Waals surface area contributed by atoms with Gasteiger partial charge in [-0.1, -0.05) is 0 Å². The lowest BCUT2D eigenvalue weighted by molar-refractivity contribution is 0.0477. The summed E-state index contributed by atoms with van der Waals surface area (Å²) in [5, 5.41) is 12.8. The van der Waals surface area contributed by atoms with Crippen LogP contribution in [0, 0.1) is 6.92 Å². The summed E-state index contributed by atoms with van der Waals surface area (Å²) in [6.45, 7) is 4.61. The van der Waals surface area contributed by atoms with Crippen LogP contribution in [-0.4, -0.2) is 43.7 Å². The maximum Gasteiger partial charge on any atom is 0.233 e. The van der Waals surface area contributed by atoms with E-state index >= 15 is 0 Å². The normalized spacial score (nSPS) is 21.5. The zero-order valence-corrected chi connectivity index (χ0v) is 15.1. The highest BCUT2D eigenvalue weighted by Gasteiger charge is 2.30. The van der Waals surface area contributed by atoms with Crippen molar-refractivity contribution in [1.82, 2.24) is 19.4 Å². The van der Waals surface area contributed by atoms with Crippen LogP contribution in [0.2, 0.25) is 0 Å². The Kier molecular flexibility index (Phi) is 4.65. The Hall–Kier alpha value is -2.02. The molecule has 0 saturated carbocycles. The molecule has 0 bridgehead atoms. The monoisotopic (exact) mass is 354 g/mol. The lowest BCUT2D eigenvalue weighted by Crippen LogP contribution is -2.42. The number of hydrogen-bond donors (Lipinski definition) is 1. The second kappa shape index (κ2) is 7.07. The van der Waals surface area contributed by atoms with E-state index in [1.165, 1.54) is 10.4 Å². The number of aliphatic hydroxyl groups excluding tert-OH is 1. The molecule has 1 N–H and O–H groups in total. The topological polar surface area (TPSA) is 54.2 Å². The first-order valence-electron chi connectivity index (χ1n) is 8.60. The van der Waals surface area contributed by atoms with E-state index in [0.717, 1.165) is 25.2 Å². The SMILES string of the molecule is Cc1ccsc1[C@H]1CCN(Cc2cccn2-c2ncccn2)C[C@@H]1O. The lowest BCUT2D eigenvalue weighted by Gasteiger charge is -2.36. The van der Waals surface area contributed by atoms with Gasteiger partial charge in [-0.05, 0) is 55.1 Å². The molecule has 6 heteroatoms. The summed E-state index contributed by atoms with van der Waals surface area (Å²) < 4.78 is 2.02. The van der Waals surface area contributed by atoms with Gasteiger partial charge in [0.25, 0.3) is 0 Å². The third-order valence-electron chi connectivity index (χ3n) is 4.89. The maximum atomic E-state index is 10.7. The molecule has 2 atom stereocenters. The molecule has 0 aliphatic carbocycles. The number of aromatic nitrogens is 3. The van der Waals surface area contributed by atoms with Crippen LogP contribution in [0.1, 0.15) is 28.5 Å². The van der Waals surface area contributed by atoms with Gasteiger partial charge in [0.15, 0.2) is 0 Å². The zero-order valence-electron chi connectivity index (χ0n) is 14.2. The van der Waals surface area contributed by atoms with Crippen LogP contribution in [0.4, 0.5) is 0 Å². The van der Waals surface area contributed by atoms with Crippen LogP contribution >= 0.6 is 11.3 Å². The number of hydrogen-bond acceptors (Lipinski definition) is 5. The van der Waals surface area contributed by atoms with Crippen LogP contribution in [-0.2, 0) is 6.54 Å². The van der Waals surface area contributed by atoms with E-state index in [-0.39, 0.29) is 12.0 Å². The zero-order chi connectivity index (χ0) is 17.2. The molecular weight excluding hydrogens is 332 g/mol. The molecule has 4 rings (SSSR count). The summed E-state index contributed by atoms with van der Waals surface area (Å²) in [5.41, 5.74) is 2.45. The van der Waals surface area contributed by atoms with Gasteiger partial charge >= 0.3 is 0 Å². The van der Waals surface area contributed by atoms with Crippen molar-refractivity contribution >= 4 is 11.3 Å². The minimum absolute atomic E-state index is 0.264. The number of nitrogens with zero attached hydrogens (tertiary/aromatic N) is 4. The van der Waals surface area contributed by atoms with Crippen LogP contribution in [0.3, 0.4) is 0 Å². The maximum absolute atomic E-state index is 10.7. The molecule has 0 unspecified atom stereocenters. The molecule has 130 valence electrons. The fraction of sp³-hybridized carbons (Fsp3) is 0.368. The van der Waals surface area contributed by atoms with E-state index < -0.39 is 0 Å². The number of β-amino-alcohol motifs (C(OH)–C–C–N with tert-alkyl or cyclic N) is 1. The van der Waals surface area contributed by atoms with Crippen LogP contribution in [0.25, 0.3) is 5.95 Å². The molecule has 0 amide bonds. The molecule has 1 saturated heterocycles.